The van der Waals surface area contributed by atoms with Crippen LogP contribution in [0.3, 0.4) is 0 Å². The first-order valence-electron chi connectivity index (χ1n) is 7.06. The lowest BCUT2D eigenvalue weighted by Crippen LogP contribution is -2.21. The number of halogens is 2. The summed E-state index contributed by atoms with van der Waals surface area (Å²) >= 11 is 11.9. The van der Waals surface area contributed by atoms with E-state index in [2.05, 4.69) is 41.8 Å². The quantitative estimate of drug-likeness (QED) is 0.766. The van der Waals surface area contributed by atoms with Gasteiger partial charge in [0.25, 0.3) is 0 Å². The van der Waals surface area contributed by atoms with Crippen LogP contribution < -0.4 is 10.6 Å². The molecule has 3 nitrogen and oxygen atoms in total. The first kappa shape index (κ1) is 16.8. The van der Waals surface area contributed by atoms with Crippen LogP contribution in [-0.2, 0) is 11.3 Å². The van der Waals surface area contributed by atoms with Gasteiger partial charge in [-0.1, -0.05) is 59.1 Å². The minimum Gasteiger partial charge on any atom is -0.325 e. The molecule has 2 N–H and O–H groups in total. The standard InChI is InChI=1S/C17H18Cl2N2O/c1-12-5-7-13(8-6-12)11-20-10-9-16(22)21-15-4-2-3-14(18)17(15)19/h2-8,20H,9-11H2,1H3,(H,21,22). The second kappa shape index (κ2) is 8.18. The molecule has 2 rings (SSSR count). The number of rotatable bonds is 6. The first-order chi connectivity index (χ1) is 10.6. The summed E-state index contributed by atoms with van der Waals surface area (Å²) in [5.41, 5.74) is 2.98. The summed E-state index contributed by atoms with van der Waals surface area (Å²) in [7, 11) is 0. The maximum Gasteiger partial charge on any atom is 0.225 e. The zero-order valence-corrected chi connectivity index (χ0v) is 13.8. The van der Waals surface area contributed by atoms with Crippen molar-refractivity contribution in [1.29, 1.82) is 0 Å². The van der Waals surface area contributed by atoms with Gasteiger partial charge in [0.05, 0.1) is 15.7 Å². The number of hydrogen-bond donors (Lipinski definition) is 2. The van der Waals surface area contributed by atoms with Crippen molar-refractivity contribution in [3.05, 3.63) is 63.6 Å². The van der Waals surface area contributed by atoms with Crippen molar-refractivity contribution in [1.82, 2.24) is 5.32 Å². The fourth-order valence-corrected chi connectivity index (χ4v) is 2.30. The average Bonchev–Trinajstić information content (AvgIpc) is 2.50. The number of aryl methyl sites for hydroxylation is 1. The van der Waals surface area contributed by atoms with Crippen LogP contribution in [0.5, 0.6) is 0 Å². The van der Waals surface area contributed by atoms with E-state index in [1.54, 1.807) is 18.2 Å². The molecule has 0 saturated carbocycles. The molecule has 0 heterocycles. The Balaban J connectivity index is 1.74. The molecule has 0 aromatic heterocycles. The zero-order valence-electron chi connectivity index (χ0n) is 12.3. The summed E-state index contributed by atoms with van der Waals surface area (Å²) < 4.78 is 0. The summed E-state index contributed by atoms with van der Waals surface area (Å²) in [4.78, 5) is 11.9. The Hall–Kier alpha value is -1.55. The van der Waals surface area contributed by atoms with Crippen LogP contribution in [0, 0.1) is 6.92 Å². The fraction of sp³-hybridized carbons (Fsp3) is 0.235. The fourth-order valence-electron chi connectivity index (χ4n) is 1.95. The molecule has 0 bridgehead atoms. The molecule has 1 amide bonds. The van der Waals surface area contributed by atoms with Gasteiger partial charge in [0.2, 0.25) is 5.91 Å². The van der Waals surface area contributed by atoms with Gasteiger partial charge >= 0.3 is 0 Å². The van der Waals surface area contributed by atoms with Gasteiger partial charge < -0.3 is 10.6 Å². The van der Waals surface area contributed by atoms with Crippen molar-refractivity contribution in [2.75, 3.05) is 11.9 Å². The van der Waals surface area contributed by atoms with Gasteiger partial charge in [-0.2, -0.15) is 0 Å². The third kappa shape index (κ3) is 5.02. The molecule has 0 fully saturated rings. The topological polar surface area (TPSA) is 41.1 Å². The lowest BCUT2D eigenvalue weighted by Gasteiger charge is -2.09. The predicted molar refractivity (Wildman–Crippen MR) is 92.6 cm³/mol. The van der Waals surface area contributed by atoms with Crippen LogP contribution in [0.1, 0.15) is 17.5 Å². The number of carbonyl (C=O) groups excluding carboxylic acids is 1. The normalized spacial score (nSPS) is 10.5. The van der Waals surface area contributed by atoms with Gasteiger partial charge in [-0.25, -0.2) is 0 Å². The number of anilines is 1. The lowest BCUT2D eigenvalue weighted by molar-refractivity contribution is -0.116. The Kier molecular flexibility index (Phi) is 6.25. The summed E-state index contributed by atoms with van der Waals surface area (Å²) in [6.07, 6.45) is 0.370. The van der Waals surface area contributed by atoms with Gasteiger partial charge in [-0.05, 0) is 24.6 Å². The van der Waals surface area contributed by atoms with Gasteiger partial charge in [-0.15, -0.1) is 0 Å². The third-order valence-corrected chi connectivity index (χ3v) is 4.02. The number of hydrogen-bond acceptors (Lipinski definition) is 2. The van der Waals surface area contributed by atoms with E-state index in [0.29, 0.717) is 28.7 Å². The molecule has 5 heteroatoms. The highest BCUT2D eigenvalue weighted by Gasteiger charge is 2.07. The van der Waals surface area contributed by atoms with Gasteiger partial charge in [0.15, 0.2) is 0 Å². The van der Waals surface area contributed by atoms with Crippen molar-refractivity contribution in [2.45, 2.75) is 19.9 Å². The molecule has 2 aromatic carbocycles. The van der Waals surface area contributed by atoms with E-state index in [1.165, 1.54) is 11.1 Å². The van der Waals surface area contributed by atoms with Crippen molar-refractivity contribution in [2.24, 2.45) is 0 Å². The summed E-state index contributed by atoms with van der Waals surface area (Å²) in [5, 5.41) is 6.80. The molecule has 2 aromatic rings. The van der Waals surface area contributed by atoms with Crippen molar-refractivity contribution in [3.63, 3.8) is 0 Å². The average molecular weight is 337 g/mol. The Morgan fingerprint density at radius 3 is 2.55 bits per heavy atom. The molecule has 0 unspecified atom stereocenters. The van der Waals surface area contributed by atoms with Gasteiger partial charge in [0.1, 0.15) is 0 Å². The van der Waals surface area contributed by atoms with Crippen LogP contribution in [0.25, 0.3) is 0 Å². The van der Waals surface area contributed by atoms with Crippen molar-refractivity contribution >= 4 is 34.8 Å². The second-order valence-electron chi connectivity index (χ2n) is 5.06. The Bertz CT molecular complexity index is 642. The Morgan fingerprint density at radius 1 is 1.09 bits per heavy atom. The maximum atomic E-state index is 11.9. The molecular weight excluding hydrogens is 319 g/mol. The summed E-state index contributed by atoms with van der Waals surface area (Å²) in [5.74, 6) is -0.0967. The van der Waals surface area contributed by atoms with E-state index in [1.807, 2.05) is 0 Å². The SMILES string of the molecule is Cc1ccc(CNCCC(=O)Nc2cccc(Cl)c2Cl)cc1. The minimum atomic E-state index is -0.0967. The van der Waals surface area contributed by atoms with E-state index in [-0.39, 0.29) is 5.91 Å². The second-order valence-corrected chi connectivity index (χ2v) is 5.85. The predicted octanol–water partition coefficient (Wildman–Crippen LogP) is 4.42. The Morgan fingerprint density at radius 2 is 1.82 bits per heavy atom. The largest absolute Gasteiger partial charge is 0.325 e. The zero-order chi connectivity index (χ0) is 15.9. The van der Waals surface area contributed by atoms with E-state index < -0.39 is 0 Å². The molecule has 22 heavy (non-hydrogen) atoms. The number of carbonyl (C=O) groups is 1. The first-order valence-corrected chi connectivity index (χ1v) is 7.82. The highest BCUT2D eigenvalue weighted by atomic mass is 35.5. The number of amides is 1. The van der Waals surface area contributed by atoms with Gasteiger partial charge in [0, 0.05) is 19.5 Å². The smallest absolute Gasteiger partial charge is 0.225 e. The molecule has 0 atom stereocenters. The molecular formula is C17H18Cl2N2O. The maximum absolute atomic E-state index is 11.9. The van der Waals surface area contributed by atoms with E-state index in [9.17, 15) is 4.79 Å². The number of nitrogens with one attached hydrogen (secondary N) is 2. The monoisotopic (exact) mass is 336 g/mol. The van der Waals surface area contributed by atoms with Crippen molar-refractivity contribution in [3.8, 4) is 0 Å². The summed E-state index contributed by atoms with van der Waals surface area (Å²) in [6.45, 7) is 3.39. The van der Waals surface area contributed by atoms with Crippen LogP contribution in [0.4, 0.5) is 5.69 Å². The van der Waals surface area contributed by atoms with E-state index in [0.717, 1.165) is 6.54 Å². The minimum absolute atomic E-state index is 0.0967. The molecule has 0 aliphatic rings. The van der Waals surface area contributed by atoms with Crippen LogP contribution in [0.15, 0.2) is 42.5 Å². The van der Waals surface area contributed by atoms with Crippen LogP contribution in [-0.4, -0.2) is 12.5 Å². The van der Waals surface area contributed by atoms with Crippen molar-refractivity contribution < 1.29 is 4.79 Å². The molecule has 116 valence electrons. The molecule has 0 radical (unpaired) electrons. The van der Waals surface area contributed by atoms with Gasteiger partial charge in [-0.3, -0.25) is 4.79 Å². The molecule has 0 spiro atoms. The highest BCUT2D eigenvalue weighted by molar-refractivity contribution is 6.43. The molecule has 0 aliphatic carbocycles. The highest BCUT2D eigenvalue weighted by Crippen LogP contribution is 2.29. The third-order valence-electron chi connectivity index (χ3n) is 3.20. The van der Waals surface area contributed by atoms with Crippen LogP contribution >= 0.6 is 23.2 Å². The van der Waals surface area contributed by atoms with Crippen LogP contribution in [0.2, 0.25) is 10.0 Å². The number of benzene rings is 2. The Labute approximate surface area is 140 Å². The van der Waals surface area contributed by atoms with E-state index in [4.69, 9.17) is 23.2 Å². The molecule has 0 saturated heterocycles. The lowest BCUT2D eigenvalue weighted by atomic mass is 10.1. The van der Waals surface area contributed by atoms with E-state index >= 15 is 0 Å². The summed E-state index contributed by atoms with van der Waals surface area (Å²) in [6, 6.07) is 13.5. The molecule has 0 aliphatic heterocycles.